The first-order valence-electron chi connectivity index (χ1n) is 7.76. The van der Waals surface area contributed by atoms with E-state index in [1.165, 1.54) is 12.1 Å². The molecule has 0 saturated heterocycles. The fourth-order valence-corrected chi connectivity index (χ4v) is 2.09. The Balaban J connectivity index is 0.00000529. The van der Waals surface area contributed by atoms with Crippen LogP contribution < -0.4 is 10.6 Å². The molecule has 1 aromatic carbocycles. The fraction of sp³-hybridized carbons (Fsp3) is 0.529. The van der Waals surface area contributed by atoms with Gasteiger partial charge >= 0.3 is 0 Å². The Bertz CT molecular complexity index is 546. The second kappa shape index (κ2) is 10.5. The zero-order chi connectivity index (χ0) is 17.5. The molecule has 0 heterocycles. The third kappa shape index (κ3) is 7.02. The average molecular weight is 450 g/mol. The lowest BCUT2D eigenvalue weighted by Crippen LogP contribution is -2.41. The summed E-state index contributed by atoms with van der Waals surface area (Å²) in [7, 11) is 3.54. The van der Waals surface area contributed by atoms with Gasteiger partial charge in [0, 0.05) is 27.2 Å². The van der Waals surface area contributed by atoms with Crippen LogP contribution in [0.15, 0.2) is 29.3 Å². The molecule has 1 aromatic rings. The minimum atomic E-state index is -0.577. The smallest absolute Gasteiger partial charge is 0.227 e. The average Bonchev–Trinajstić information content (AvgIpc) is 2.52. The molecule has 136 valence electrons. The van der Waals surface area contributed by atoms with Gasteiger partial charge in [-0.1, -0.05) is 12.1 Å². The van der Waals surface area contributed by atoms with Crippen molar-refractivity contribution in [2.24, 2.45) is 10.4 Å². The number of carbonyl (C=O) groups excluding carboxylic acids is 1. The van der Waals surface area contributed by atoms with Crippen LogP contribution in [-0.2, 0) is 11.3 Å². The van der Waals surface area contributed by atoms with Gasteiger partial charge in [0.05, 0.1) is 12.0 Å². The third-order valence-electron chi connectivity index (χ3n) is 3.50. The molecule has 0 aliphatic rings. The SMILES string of the molecule is CCNC(=NCC(C)(C)C(=O)NC)N(C)Cc1ccc(F)cc1.I. The van der Waals surface area contributed by atoms with Crippen molar-refractivity contribution in [2.75, 3.05) is 27.2 Å². The van der Waals surface area contributed by atoms with Gasteiger partial charge in [-0.2, -0.15) is 0 Å². The molecule has 0 radical (unpaired) electrons. The highest BCUT2D eigenvalue weighted by molar-refractivity contribution is 14.0. The lowest BCUT2D eigenvalue weighted by atomic mass is 9.93. The van der Waals surface area contributed by atoms with Crippen LogP contribution in [-0.4, -0.2) is 44.0 Å². The summed E-state index contributed by atoms with van der Waals surface area (Å²) in [5.74, 6) is 0.427. The van der Waals surface area contributed by atoms with Crippen molar-refractivity contribution in [3.8, 4) is 0 Å². The van der Waals surface area contributed by atoms with E-state index in [4.69, 9.17) is 0 Å². The Morgan fingerprint density at radius 3 is 2.38 bits per heavy atom. The molecule has 0 aliphatic heterocycles. The number of guanidine groups is 1. The molecule has 0 bridgehead atoms. The van der Waals surface area contributed by atoms with E-state index < -0.39 is 5.41 Å². The molecule has 0 spiro atoms. The first kappa shape index (κ1) is 22.6. The summed E-state index contributed by atoms with van der Waals surface area (Å²) in [5.41, 5.74) is 0.414. The number of hydrogen-bond donors (Lipinski definition) is 2. The number of aliphatic imine (C=N–C) groups is 1. The highest BCUT2D eigenvalue weighted by Gasteiger charge is 2.26. The minimum absolute atomic E-state index is 0. The van der Waals surface area contributed by atoms with Crippen molar-refractivity contribution in [2.45, 2.75) is 27.3 Å². The van der Waals surface area contributed by atoms with E-state index in [9.17, 15) is 9.18 Å². The molecule has 2 N–H and O–H groups in total. The van der Waals surface area contributed by atoms with Crippen LogP contribution in [0.3, 0.4) is 0 Å². The zero-order valence-electron chi connectivity index (χ0n) is 15.0. The normalized spacial score (nSPS) is 11.5. The van der Waals surface area contributed by atoms with Gasteiger partial charge in [-0.25, -0.2) is 4.39 Å². The number of nitrogens with zero attached hydrogens (tertiary/aromatic N) is 2. The molecule has 0 fully saturated rings. The van der Waals surface area contributed by atoms with E-state index in [0.29, 0.717) is 19.0 Å². The Kier molecular flexibility index (Phi) is 9.88. The molecule has 1 rings (SSSR count). The van der Waals surface area contributed by atoms with E-state index in [0.717, 1.165) is 12.1 Å². The van der Waals surface area contributed by atoms with Crippen LogP contribution in [0.1, 0.15) is 26.3 Å². The first-order valence-corrected chi connectivity index (χ1v) is 7.76. The van der Waals surface area contributed by atoms with Gasteiger partial charge in [0.15, 0.2) is 5.96 Å². The van der Waals surface area contributed by atoms with E-state index >= 15 is 0 Å². The van der Waals surface area contributed by atoms with Crippen LogP contribution in [0.25, 0.3) is 0 Å². The molecule has 7 heteroatoms. The summed E-state index contributed by atoms with van der Waals surface area (Å²) >= 11 is 0. The molecule has 0 unspecified atom stereocenters. The molecule has 5 nitrogen and oxygen atoms in total. The molecular weight excluding hydrogens is 422 g/mol. The maximum absolute atomic E-state index is 13.0. The first-order chi connectivity index (χ1) is 10.8. The molecule has 1 amide bonds. The molecule has 0 saturated carbocycles. The van der Waals surface area contributed by atoms with Crippen LogP contribution in [0.2, 0.25) is 0 Å². The quantitative estimate of drug-likeness (QED) is 0.398. The largest absolute Gasteiger partial charge is 0.359 e. The monoisotopic (exact) mass is 450 g/mol. The number of carbonyl (C=O) groups is 1. The maximum Gasteiger partial charge on any atom is 0.227 e. The van der Waals surface area contributed by atoms with E-state index in [1.807, 2.05) is 32.7 Å². The molecule has 24 heavy (non-hydrogen) atoms. The summed E-state index contributed by atoms with van der Waals surface area (Å²) in [6.45, 7) is 7.42. The van der Waals surface area contributed by atoms with E-state index in [-0.39, 0.29) is 35.7 Å². The van der Waals surface area contributed by atoms with E-state index in [1.54, 1.807) is 19.2 Å². The van der Waals surface area contributed by atoms with Crippen LogP contribution >= 0.6 is 24.0 Å². The van der Waals surface area contributed by atoms with Crippen molar-refractivity contribution in [1.82, 2.24) is 15.5 Å². The highest BCUT2D eigenvalue weighted by atomic mass is 127. The molecule has 0 aliphatic carbocycles. The third-order valence-corrected chi connectivity index (χ3v) is 3.50. The van der Waals surface area contributed by atoms with E-state index in [2.05, 4.69) is 15.6 Å². The van der Waals surface area contributed by atoms with Gasteiger partial charge in [-0.05, 0) is 38.5 Å². The van der Waals surface area contributed by atoms with Crippen molar-refractivity contribution >= 4 is 35.8 Å². The maximum atomic E-state index is 13.0. The van der Waals surface area contributed by atoms with Gasteiger partial charge in [-0.3, -0.25) is 9.79 Å². The van der Waals surface area contributed by atoms with Crippen LogP contribution in [0.4, 0.5) is 4.39 Å². The lowest BCUT2D eigenvalue weighted by Gasteiger charge is -2.25. The fourth-order valence-electron chi connectivity index (χ4n) is 2.09. The van der Waals surface area contributed by atoms with Crippen molar-refractivity contribution < 1.29 is 9.18 Å². The Hall–Kier alpha value is -1.38. The Morgan fingerprint density at radius 2 is 1.88 bits per heavy atom. The predicted octanol–water partition coefficient (Wildman–Crippen LogP) is 2.61. The Labute approximate surface area is 161 Å². The number of rotatable bonds is 6. The van der Waals surface area contributed by atoms with Crippen LogP contribution in [0.5, 0.6) is 0 Å². The van der Waals surface area contributed by atoms with Gasteiger partial charge in [-0.15, -0.1) is 24.0 Å². The van der Waals surface area contributed by atoms with Gasteiger partial charge < -0.3 is 15.5 Å². The van der Waals surface area contributed by atoms with Gasteiger partial charge in [0.1, 0.15) is 5.82 Å². The highest BCUT2D eigenvalue weighted by Crippen LogP contribution is 2.15. The number of benzene rings is 1. The summed E-state index contributed by atoms with van der Waals surface area (Å²) in [6, 6.07) is 6.40. The van der Waals surface area contributed by atoms with Crippen molar-refractivity contribution in [3.05, 3.63) is 35.6 Å². The number of nitrogens with one attached hydrogen (secondary N) is 2. The lowest BCUT2D eigenvalue weighted by molar-refractivity contribution is -0.128. The second-order valence-electron chi connectivity index (χ2n) is 6.12. The second-order valence-corrected chi connectivity index (χ2v) is 6.12. The molecule has 0 atom stereocenters. The van der Waals surface area contributed by atoms with Crippen molar-refractivity contribution in [3.63, 3.8) is 0 Å². The zero-order valence-corrected chi connectivity index (χ0v) is 17.3. The summed E-state index contributed by atoms with van der Waals surface area (Å²) < 4.78 is 13.0. The van der Waals surface area contributed by atoms with Crippen molar-refractivity contribution in [1.29, 1.82) is 0 Å². The predicted molar refractivity (Wildman–Crippen MR) is 107 cm³/mol. The minimum Gasteiger partial charge on any atom is -0.359 e. The Morgan fingerprint density at radius 1 is 1.29 bits per heavy atom. The standard InChI is InChI=1S/C17H27FN4O.HI/c1-6-20-16(21-12-17(2,3)15(23)19-4)22(5)11-13-7-9-14(18)10-8-13;/h7-10H,6,11-12H2,1-5H3,(H,19,23)(H,20,21);1H. The number of hydrogen-bond acceptors (Lipinski definition) is 2. The molecular formula is C17H28FIN4O. The topological polar surface area (TPSA) is 56.7 Å². The summed E-state index contributed by atoms with van der Waals surface area (Å²) in [6.07, 6.45) is 0. The van der Waals surface area contributed by atoms with Crippen LogP contribution in [0, 0.1) is 11.2 Å². The van der Waals surface area contributed by atoms with Gasteiger partial charge in [0.2, 0.25) is 5.91 Å². The summed E-state index contributed by atoms with van der Waals surface area (Å²) in [5, 5.41) is 5.87. The molecule has 0 aromatic heterocycles. The summed E-state index contributed by atoms with van der Waals surface area (Å²) in [4.78, 5) is 18.4. The van der Waals surface area contributed by atoms with Gasteiger partial charge in [0.25, 0.3) is 0 Å². The number of amides is 1. The number of halogens is 2.